The highest BCUT2D eigenvalue weighted by Crippen LogP contribution is 2.00. The molecular weight excluding hydrogens is 140 g/mol. The highest BCUT2D eigenvalue weighted by atomic mass is 15.5. The van der Waals surface area contributed by atoms with Crippen LogP contribution in [0.15, 0.2) is 0 Å². The molecule has 66 valence electrons. The maximum Gasteiger partial charge on any atom is 0.0378 e. The van der Waals surface area contributed by atoms with Gasteiger partial charge in [0.1, 0.15) is 0 Å². The third kappa shape index (κ3) is 2.41. The molecule has 0 aliphatic carbocycles. The van der Waals surface area contributed by atoms with Gasteiger partial charge in [-0.1, -0.05) is 0 Å². The van der Waals surface area contributed by atoms with Gasteiger partial charge in [-0.15, -0.1) is 0 Å². The van der Waals surface area contributed by atoms with Gasteiger partial charge in [0.2, 0.25) is 0 Å². The van der Waals surface area contributed by atoms with Gasteiger partial charge in [-0.25, -0.2) is 5.01 Å². The fourth-order valence-corrected chi connectivity index (χ4v) is 1.47. The number of nitrogens with zero attached hydrogens (tertiary/aromatic N) is 1. The molecule has 1 heterocycles. The Morgan fingerprint density at radius 3 is 3.09 bits per heavy atom. The minimum absolute atomic E-state index is 0.495. The fraction of sp³-hybridized carbons (Fsp3) is 1.00. The Morgan fingerprint density at radius 2 is 2.45 bits per heavy atom. The van der Waals surface area contributed by atoms with Crippen LogP contribution < -0.4 is 16.5 Å². The van der Waals surface area contributed by atoms with Crippen LogP contribution in [0.4, 0.5) is 0 Å². The zero-order valence-electron chi connectivity index (χ0n) is 7.14. The number of hydrogen-bond donors (Lipinski definition) is 3. The molecule has 0 aromatic rings. The standard InChI is InChI=1S/C7H18N4/c1-9-11-5-4-10-3-2-7(11)6-8/h7,9-10H,2-6,8H2,1H3. The Kier molecular flexibility index (Phi) is 3.79. The monoisotopic (exact) mass is 158 g/mol. The minimum atomic E-state index is 0.495. The Bertz CT molecular complexity index is 94.6. The van der Waals surface area contributed by atoms with Gasteiger partial charge >= 0.3 is 0 Å². The molecule has 4 nitrogen and oxygen atoms in total. The number of nitrogens with one attached hydrogen (secondary N) is 2. The van der Waals surface area contributed by atoms with Crippen LogP contribution in [0.1, 0.15) is 6.42 Å². The van der Waals surface area contributed by atoms with E-state index in [0.717, 1.165) is 32.6 Å². The molecule has 0 spiro atoms. The van der Waals surface area contributed by atoms with E-state index in [-0.39, 0.29) is 0 Å². The summed E-state index contributed by atoms with van der Waals surface area (Å²) in [5.41, 5.74) is 8.79. The SMILES string of the molecule is CNN1CCNCCC1CN. The Balaban J connectivity index is 2.41. The second-order valence-electron chi connectivity index (χ2n) is 2.85. The van der Waals surface area contributed by atoms with Gasteiger partial charge in [0.05, 0.1) is 0 Å². The summed E-state index contributed by atoms with van der Waals surface area (Å²) in [6.45, 7) is 3.91. The maximum absolute atomic E-state index is 5.63. The third-order valence-corrected chi connectivity index (χ3v) is 2.18. The second kappa shape index (κ2) is 4.66. The van der Waals surface area contributed by atoms with E-state index in [4.69, 9.17) is 5.73 Å². The molecular formula is C7H18N4. The van der Waals surface area contributed by atoms with Crippen molar-refractivity contribution in [3.8, 4) is 0 Å². The molecule has 0 aromatic carbocycles. The molecule has 0 bridgehead atoms. The molecule has 1 saturated heterocycles. The zero-order chi connectivity index (χ0) is 8.10. The van der Waals surface area contributed by atoms with Gasteiger partial charge in [0.15, 0.2) is 0 Å². The van der Waals surface area contributed by atoms with E-state index in [1.165, 1.54) is 0 Å². The molecule has 1 aliphatic heterocycles. The first-order chi connectivity index (χ1) is 5.38. The van der Waals surface area contributed by atoms with E-state index in [9.17, 15) is 0 Å². The minimum Gasteiger partial charge on any atom is -0.329 e. The molecule has 1 rings (SSSR count). The highest BCUT2D eigenvalue weighted by molar-refractivity contribution is 4.74. The molecule has 1 atom stereocenters. The summed E-state index contributed by atoms with van der Waals surface area (Å²) in [4.78, 5) is 0. The van der Waals surface area contributed by atoms with Gasteiger partial charge in [0, 0.05) is 25.7 Å². The lowest BCUT2D eigenvalue weighted by atomic mass is 10.2. The van der Waals surface area contributed by atoms with E-state index in [1.54, 1.807) is 0 Å². The lowest BCUT2D eigenvalue weighted by molar-refractivity contribution is 0.152. The molecule has 4 N–H and O–H groups in total. The highest BCUT2D eigenvalue weighted by Gasteiger charge is 2.17. The smallest absolute Gasteiger partial charge is 0.0378 e. The summed E-state index contributed by atoms with van der Waals surface area (Å²) in [7, 11) is 1.95. The molecule has 4 heteroatoms. The van der Waals surface area contributed by atoms with E-state index >= 15 is 0 Å². The summed E-state index contributed by atoms with van der Waals surface area (Å²) < 4.78 is 0. The Labute approximate surface area is 68.1 Å². The summed E-state index contributed by atoms with van der Waals surface area (Å²) in [5, 5.41) is 5.55. The maximum atomic E-state index is 5.63. The Morgan fingerprint density at radius 1 is 1.64 bits per heavy atom. The summed E-state index contributed by atoms with van der Waals surface area (Å²) in [5.74, 6) is 0. The Hall–Kier alpha value is -0.160. The van der Waals surface area contributed by atoms with E-state index in [0.29, 0.717) is 6.04 Å². The van der Waals surface area contributed by atoms with Crippen molar-refractivity contribution in [2.45, 2.75) is 12.5 Å². The van der Waals surface area contributed by atoms with E-state index in [1.807, 2.05) is 7.05 Å². The number of nitrogens with two attached hydrogens (primary N) is 1. The first-order valence-corrected chi connectivity index (χ1v) is 4.23. The van der Waals surface area contributed by atoms with Crippen molar-refractivity contribution < 1.29 is 0 Å². The lowest BCUT2D eigenvalue weighted by Gasteiger charge is -2.26. The van der Waals surface area contributed by atoms with Gasteiger partial charge in [-0.05, 0) is 20.0 Å². The van der Waals surface area contributed by atoms with E-state index < -0.39 is 0 Å². The summed E-state index contributed by atoms with van der Waals surface area (Å²) in [6.07, 6.45) is 1.14. The molecule has 1 unspecified atom stereocenters. The average Bonchev–Trinajstić information content (AvgIpc) is 2.27. The van der Waals surface area contributed by atoms with Gasteiger partial charge < -0.3 is 11.1 Å². The number of hydrogen-bond acceptors (Lipinski definition) is 4. The van der Waals surface area contributed by atoms with Crippen LogP contribution in [-0.2, 0) is 0 Å². The first kappa shape index (κ1) is 8.93. The normalized spacial score (nSPS) is 28.4. The van der Waals surface area contributed by atoms with Crippen molar-refractivity contribution in [3.05, 3.63) is 0 Å². The van der Waals surface area contributed by atoms with Crippen LogP contribution >= 0.6 is 0 Å². The van der Waals surface area contributed by atoms with Crippen LogP contribution in [0.3, 0.4) is 0 Å². The van der Waals surface area contributed by atoms with Crippen LogP contribution in [0.25, 0.3) is 0 Å². The van der Waals surface area contributed by atoms with Gasteiger partial charge in [-0.3, -0.25) is 5.43 Å². The molecule has 0 aromatic heterocycles. The topological polar surface area (TPSA) is 53.3 Å². The summed E-state index contributed by atoms with van der Waals surface area (Å²) >= 11 is 0. The van der Waals surface area contributed by atoms with Crippen molar-refractivity contribution in [3.63, 3.8) is 0 Å². The molecule has 0 amide bonds. The van der Waals surface area contributed by atoms with E-state index in [2.05, 4.69) is 15.8 Å². The lowest BCUT2D eigenvalue weighted by Crippen LogP contribution is -2.47. The molecule has 1 aliphatic rings. The van der Waals surface area contributed by atoms with Crippen molar-refractivity contribution in [2.24, 2.45) is 5.73 Å². The first-order valence-electron chi connectivity index (χ1n) is 4.23. The average molecular weight is 158 g/mol. The molecule has 0 saturated carbocycles. The zero-order valence-corrected chi connectivity index (χ0v) is 7.14. The molecule has 0 radical (unpaired) electrons. The van der Waals surface area contributed by atoms with Crippen LogP contribution in [-0.4, -0.2) is 44.3 Å². The molecule has 11 heavy (non-hydrogen) atoms. The van der Waals surface area contributed by atoms with Crippen molar-refractivity contribution >= 4 is 0 Å². The van der Waals surface area contributed by atoms with Crippen LogP contribution in [0.2, 0.25) is 0 Å². The predicted molar refractivity (Wildman–Crippen MR) is 46.1 cm³/mol. The number of hydrazine groups is 1. The third-order valence-electron chi connectivity index (χ3n) is 2.18. The predicted octanol–water partition coefficient (Wildman–Crippen LogP) is -1.26. The van der Waals surface area contributed by atoms with Crippen molar-refractivity contribution in [2.75, 3.05) is 33.2 Å². The van der Waals surface area contributed by atoms with Gasteiger partial charge in [0.25, 0.3) is 0 Å². The van der Waals surface area contributed by atoms with Crippen LogP contribution in [0.5, 0.6) is 0 Å². The quantitative estimate of drug-likeness (QED) is 0.470. The second-order valence-corrected chi connectivity index (χ2v) is 2.85. The largest absolute Gasteiger partial charge is 0.329 e. The fourth-order valence-electron chi connectivity index (χ4n) is 1.47. The summed E-state index contributed by atoms with van der Waals surface area (Å²) in [6, 6.07) is 0.495. The van der Waals surface area contributed by atoms with Crippen LogP contribution in [0, 0.1) is 0 Å². The number of rotatable bonds is 2. The van der Waals surface area contributed by atoms with Crippen molar-refractivity contribution in [1.29, 1.82) is 0 Å². The van der Waals surface area contributed by atoms with Crippen molar-refractivity contribution in [1.82, 2.24) is 15.8 Å². The molecule has 1 fully saturated rings. The van der Waals surface area contributed by atoms with Gasteiger partial charge in [-0.2, -0.15) is 0 Å².